The zero-order valence-electron chi connectivity index (χ0n) is 21.0. The monoisotopic (exact) mass is 580 g/mol. The Morgan fingerprint density at radius 2 is 1.44 bits per heavy atom. The smallest absolute Gasteiger partial charge is 0.197 e. The highest BCUT2D eigenvalue weighted by Crippen LogP contribution is 2.50. The summed E-state index contributed by atoms with van der Waals surface area (Å²) in [6.45, 7) is -1.39. The van der Waals surface area contributed by atoms with Gasteiger partial charge in [-0.1, -0.05) is 0 Å². The van der Waals surface area contributed by atoms with Crippen LogP contribution in [0, 0.1) is 0 Å². The van der Waals surface area contributed by atoms with E-state index in [0.29, 0.717) is 0 Å². The molecule has 2 aliphatic heterocycles. The van der Waals surface area contributed by atoms with E-state index in [1.807, 2.05) is 0 Å². The third-order valence-electron chi connectivity index (χ3n) is 7.42. The molecule has 0 unspecified atom stereocenters. The fourth-order valence-corrected chi connectivity index (χ4v) is 5.16. The van der Waals surface area contributed by atoms with E-state index < -0.39 is 119 Å². The van der Waals surface area contributed by atoms with Gasteiger partial charge in [-0.3, -0.25) is 4.79 Å². The van der Waals surface area contributed by atoms with Crippen molar-refractivity contribution in [1.82, 2.24) is 0 Å². The Hall–Kier alpha value is -3.51. The number of hydrogen-bond donors (Lipinski definition) is 11. The van der Waals surface area contributed by atoms with Crippen LogP contribution in [0.25, 0.3) is 22.3 Å². The van der Waals surface area contributed by atoms with Crippen molar-refractivity contribution >= 4 is 11.0 Å². The molecule has 0 aliphatic carbocycles. The molecule has 5 rings (SSSR count). The summed E-state index contributed by atoms with van der Waals surface area (Å²) in [6, 6.07) is 4.36. The van der Waals surface area contributed by atoms with E-state index in [1.54, 1.807) is 0 Å². The second kappa shape index (κ2) is 10.7. The van der Waals surface area contributed by atoms with Crippen molar-refractivity contribution in [3.05, 3.63) is 45.6 Å². The van der Waals surface area contributed by atoms with Gasteiger partial charge in [0.25, 0.3) is 0 Å². The Balaban J connectivity index is 1.81. The molecule has 0 radical (unpaired) electrons. The van der Waals surface area contributed by atoms with Gasteiger partial charge in [-0.25, -0.2) is 0 Å². The number of aromatic hydroxyl groups is 4. The summed E-state index contributed by atoms with van der Waals surface area (Å²) in [5, 5.41) is 113. The van der Waals surface area contributed by atoms with Gasteiger partial charge in [-0.2, -0.15) is 0 Å². The lowest BCUT2D eigenvalue weighted by Crippen LogP contribution is -2.55. The summed E-state index contributed by atoms with van der Waals surface area (Å²) in [4.78, 5) is 13.4. The van der Waals surface area contributed by atoms with E-state index in [4.69, 9.17) is 13.9 Å². The highest BCUT2D eigenvalue weighted by atomic mass is 16.5. The van der Waals surface area contributed by atoms with E-state index in [-0.39, 0.29) is 11.3 Å². The molecule has 0 amide bonds. The van der Waals surface area contributed by atoms with Crippen molar-refractivity contribution in [2.45, 2.75) is 54.9 Å². The number of aliphatic hydroxyl groups is 7. The van der Waals surface area contributed by atoms with Crippen molar-refractivity contribution in [3.63, 3.8) is 0 Å². The largest absolute Gasteiger partial charge is 0.507 e. The summed E-state index contributed by atoms with van der Waals surface area (Å²) in [5.41, 5.74) is -2.64. The minimum absolute atomic E-state index is 0.0720. The zero-order valence-corrected chi connectivity index (χ0v) is 21.0. The fourth-order valence-electron chi connectivity index (χ4n) is 5.16. The van der Waals surface area contributed by atoms with Crippen LogP contribution in [0.1, 0.15) is 23.3 Å². The highest BCUT2D eigenvalue weighted by molar-refractivity contribution is 5.92. The van der Waals surface area contributed by atoms with E-state index >= 15 is 0 Å². The van der Waals surface area contributed by atoms with Crippen LogP contribution < -0.4 is 5.43 Å². The Kier molecular flexibility index (Phi) is 7.58. The second-order valence-electron chi connectivity index (χ2n) is 9.96. The van der Waals surface area contributed by atoms with Gasteiger partial charge in [-0.15, -0.1) is 0 Å². The minimum atomic E-state index is -2.01. The minimum Gasteiger partial charge on any atom is -0.507 e. The van der Waals surface area contributed by atoms with Crippen LogP contribution in [0.3, 0.4) is 0 Å². The Morgan fingerprint density at radius 3 is 2.10 bits per heavy atom. The molecule has 2 saturated heterocycles. The average Bonchev–Trinajstić information content (AvgIpc) is 2.93. The number of aliphatic hydroxyl groups excluding tert-OH is 7. The van der Waals surface area contributed by atoms with Crippen LogP contribution in [-0.2, 0) is 9.47 Å². The molecule has 15 heteroatoms. The van der Waals surface area contributed by atoms with Gasteiger partial charge in [0, 0.05) is 11.6 Å². The first-order valence-electron chi connectivity index (χ1n) is 12.4. The molecule has 0 bridgehead atoms. The number of benzene rings is 2. The summed E-state index contributed by atoms with van der Waals surface area (Å²) in [7, 11) is 0. The third-order valence-corrected chi connectivity index (χ3v) is 7.42. The van der Waals surface area contributed by atoms with Crippen molar-refractivity contribution in [2.75, 3.05) is 13.2 Å². The van der Waals surface area contributed by atoms with Crippen molar-refractivity contribution < 1.29 is 70.1 Å². The first-order valence-corrected chi connectivity index (χ1v) is 12.4. The van der Waals surface area contributed by atoms with Gasteiger partial charge in [0.15, 0.2) is 22.5 Å². The molecular weight excluding hydrogens is 552 g/mol. The zero-order chi connectivity index (χ0) is 29.9. The Bertz CT molecular complexity index is 1520. The van der Waals surface area contributed by atoms with E-state index in [9.17, 15) is 61.0 Å². The lowest BCUT2D eigenvalue weighted by Gasteiger charge is -2.41. The molecule has 3 heterocycles. The quantitative estimate of drug-likeness (QED) is 0.148. The average molecular weight is 580 g/mol. The maximum atomic E-state index is 13.4. The van der Waals surface area contributed by atoms with Gasteiger partial charge in [0.2, 0.25) is 0 Å². The summed E-state index contributed by atoms with van der Waals surface area (Å²) in [5.74, 6) is -3.21. The van der Waals surface area contributed by atoms with E-state index in [1.165, 1.54) is 6.07 Å². The molecule has 41 heavy (non-hydrogen) atoms. The van der Waals surface area contributed by atoms with Crippen LogP contribution in [0.5, 0.6) is 23.0 Å². The molecule has 2 fully saturated rings. The van der Waals surface area contributed by atoms with Gasteiger partial charge in [0.1, 0.15) is 77.6 Å². The van der Waals surface area contributed by atoms with Gasteiger partial charge < -0.3 is 70.1 Å². The normalized spacial score (nSPS) is 32.3. The van der Waals surface area contributed by atoms with Gasteiger partial charge in [-0.05, 0) is 18.2 Å². The van der Waals surface area contributed by atoms with Crippen LogP contribution in [0.2, 0.25) is 0 Å². The fraction of sp³-hybridized carbons (Fsp3) is 0.423. The maximum Gasteiger partial charge on any atom is 0.197 e. The predicted octanol–water partition coefficient (Wildman–Crippen LogP) is -2.05. The molecule has 9 atom stereocenters. The lowest BCUT2D eigenvalue weighted by molar-refractivity contribution is -0.232. The number of hydrogen-bond acceptors (Lipinski definition) is 15. The van der Waals surface area contributed by atoms with Crippen molar-refractivity contribution in [1.29, 1.82) is 0 Å². The van der Waals surface area contributed by atoms with Crippen LogP contribution >= 0.6 is 0 Å². The SMILES string of the molecule is O=c1cc(-c2ccc(O)c(O)c2)oc2c([C@H]3OC[C@@H](O)[C@@H](O)[C@@H]3O)c(O)c([C@@H]3O[C@H](CO)[C@@H](O)[C@H](O)[C@H]3O)c(O)c12. The molecule has 2 aliphatic rings. The molecule has 0 spiro atoms. The van der Waals surface area contributed by atoms with Crippen LogP contribution in [0.15, 0.2) is 33.5 Å². The van der Waals surface area contributed by atoms with Crippen LogP contribution in [0.4, 0.5) is 0 Å². The lowest BCUT2D eigenvalue weighted by atomic mass is 9.85. The molecule has 1 aromatic heterocycles. The predicted molar refractivity (Wildman–Crippen MR) is 134 cm³/mol. The number of fused-ring (bicyclic) bond motifs is 1. The van der Waals surface area contributed by atoms with E-state index in [0.717, 1.165) is 18.2 Å². The van der Waals surface area contributed by atoms with E-state index in [2.05, 4.69) is 0 Å². The number of ether oxygens (including phenoxy) is 2. The van der Waals surface area contributed by atoms with Crippen molar-refractivity contribution in [2.24, 2.45) is 0 Å². The molecule has 2 aromatic carbocycles. The van der Waals surface area contributed by atoms with Crippen molar-refractivity contribution in [3.8, 4) is 34.3 Å². The summed E-state index contributed by atoms with van der Waals surface area (Å²) in [6.07, 6.45) is -16.0. The van der Waals surface area contributed by atoms with Gasteiger partial charge >= 0.3 is 0 Å². The Morgan fingerprint density at radius 1 is 0.756 bits per heavy atom. The number of rotatable bonds is 4. The maximum absolute atomic E-state index is 13.4. The third kappa shape index (κ3) is 4.66. The topological polar surface area (TPSA) is 271 Å². The second-order valence-corrected chi connectivity index (χ2v) is 9.96. The molecule has 3 aromatic rings. The first kappa shape index (κ1) is 29.0. The number of phenols is 4. The molecule has 222 valence electrons. The standard InChI is InChI=1S/C26H28O15/c27-5-13-18(33)21(36)23(38)26(41-13)15-19(34)14-10(30)4-12(7-1-2-8(28)9(29)3-7)40-24(14)16(20(15)35)25-22(37)17(32)11(31)6-39-25/h1-4,11,13,17-18,21-23,25-29,31-38H,5-6H2/t11-,13-,17-,18-,21+,22+,23-,25-,26+/m1/s1. The highest BCUT2D eigenvalue weighted by Gasteiger charge is 2.48. The Labute approximate surface area is 229 Å². The first-order chi connectivity index (χ1) is 19.4. The number of phenolic OH excluding ortho intramolecular Hbond substituents is 4. The molecule has 0 saturated carbocycles. The van der Waals surface area contributed by atoms with Crippen LogP contribution in [-0.4, -0.2) is 112 Å². The molecule has 15 nitrogen and oxygen atoms in total. The summed E-state index contributed by atoms with van der Waals surface area (Å²) >= 11 is 0. The molecule has 11 N–H and O–H groups in total. The molecular formula is C26H28O15. The summed E-state index contributed by atoms with van der Waals surface area (Å²) < 4.78 is 16.8. The van der Waals surface area contributed by atoms with Gasteiger partial charge in [0.05, 0.1) is 24.3 Å².